The van der Waals surface area contributed by atoms with E-state index in [1.165, 1.54) is 0 Å². The van der Waals surface area contributed by atoms with E-state index in [0.717, 1.165) is 22.1 Å². The van der Waals surface area contributed by atoms with Gasteiger partial charge in [-0.1, -0.05) is 35.3 Å². The molecule has 1 saturated carbocycles. The number of rotatable bonds is 2. The Morgan fingerprint density at radius 1 is 1.19 bits per heavy atom. The predicted octanol–water partition coefficient (Wildman–Crippen LogP) is 4.97. The average molecular weight is 385 g/mol. The van der Waals surface area contributed by atoms with Crippen molar-refractivity contribution in [1.29, 1.82) is 0 Å². The minimum atomic E-state index is -0.618. The molecule has 0 saturated heterocycles. The molecular formula is C20H14Cl2N2O2. The van der Waals surface area contributed by atoms with Crippen molar-refractivity contribution >= 4 is 45.6 Å². The first kappa shape index (κ1) is 15.9. The fourth-order valence-corrected chi connectivity index (χ4v) is 4.47. The minimum absolute atomic E-state index is 0.0728. The summed E-state index contributed by atoms with van der Waals surface area (Å²) in [7, 11) is 0. The largest absolute Gasteiger partial charge is 0.490 e. The van der Waals surface area contributed by atoms with Gasteiger partial charge >= 0.3 is 0 Å². The lowest BCUT2D eigenvalue weighted by Crippen LogP contribution is -2.58. The Bertz CT molecular complexity index is 1060. The number of hydrogen-bond donors (Lipinski definition) is 1. The van der Waals surface area contributed by atoms with E-state index < -0.39 is 5.41 Å². The number of halogens is 2. The van der Waals surface area contributed by atoms with Gasteiger partial charge in [0.25, 0.3) is 0 Å². The molecule has 130 valence electrons. The summed E-state index contributed by atoms with van der Waals surface area (Å²) >= 11 is 12.5. The summed E-state index contributed by atoms with van der Waals surface area (Å²) in [6, 6.07) is 11.0. The molecule has 0 radical (unpaired) electrons. The minimum Gasteiger partial charge on any atom is -0.490 e. The molecule has 0 unspecified atom stereocenters. The smallest absolute Gasteiger partial charge is 0.235 e. The predicted molar refractivity (Wildman–Crippen MR) is 102 cm³/mol. The van der Waals surface area contributed by atoms with Crippen molar-refractivity contribution in [3.05, 3.63) is 64.4 Å². The lowest BCUT2D eigenvalue weighted by atomic mass is 9.60. The van der Waals surface area contributed by atoms with E-state index in [-0.39, 0.29) is 12.0 Å². The Labute approximate surface area is 160 Å². The molecule has 26 heavy (non-hydrogen) atoms. The van der Waals surface area contributed by atoms with Crippen molar-refractivity contribution in [1.82, 2.24) is 4.98 Å². The highest BCUT2D eigenvalue weighted by Gasteiger charge is 2.57. The lowest BCUT2D eigenvalue weighted by Gasteiger charge is -2.51. The van der Waals surface area contributed by atoms with Crippen LogP contribution < -0.4 is 10.1 Å². The first-order valence-electron chi connectivity index (χ1n) is 8.37. The van der Waals surface area contributed by atoms with Crippen LogP contribution in [-0.4, -0.2) is 17.0 Å². The van der Waals surface area contributed by atoms with Gasteiger partial charge < -0.3 is 10.1 Å². The monoisotopic (exact) mass is 384 g/mol. The normalized spacial score (nSPS) is 22.9. The van der Waals surface area contributed by atoms with Crippen molar-refractivity contribution in [2.24, 2.45) is 0 Å². The Morgan fingerprint density at radius 3 is 2.88 bits per heavy atom. The number of benzene rings is 2. The van der Waals surface area contributed by atoms with E-state index in [2.05, 4.69) is 10.3 Å². The molecule has 1 aromatic heterocycles. The van der Waals surface area contributed by atoms with Gasteiger partial charge in [-0.15, -0.1) is 0 Å². The number of aromatic nitrogens is 1. The lowest BCUT2D eigenvalue weighted by molar-refractivity contribution is -0.131. The zero-order valence-corrected chi connectivity index (χ0v) is 15.1. The van der Waals surface area contributed by atoms with Gasteiger partial charge in [-0.2, -0.15) is 0 Å². The van der Waals surface area contributed by atoms with Gasteiger partial charge in [0.05, 0.1) is 22.3 Å². The van der Waals surface area contributed by atoms with E-state index in [1.54, 1.807) is 24.5 Å². The van der Waals surface area contributed by atoms with Gasteiger partial charge in [-0.25, -0.2) is 0 Å². The quantitative estimate of drug-likeness (QED) is 0.678. The van der Waals surface area contributed by atoms with Crippen molar-refractivity contribution in [3.8, 4) is 5.75 Å². The third-order valence-electron chi connectivity index (χ3n) is 5.32. The number of amides is 1. The van der Waals surface area contributed by atoms with Crippen LogP contribution in [0.15, 0.2) is 48.8 Å². The third-order valence-corrected chi connectivity index (χ3v) is 5.87. The molecule has 1 fully saturated rings. The van der Waals surface area contributed by atoms with Gasteiger partial charge in [-0.3, -0.25) is 9.78 Å². The van der Waals surface area contributed by atoms with Gasteiger partial charge in [0.15, 0.2) is 0 Å². The molecule has 3 heterocycles. The van der Waals surface area contributed by atoms with Gasteiger partial charge in [-0.05, 0) is 24.3 Å². The molecule has 0 spiro atoms. The van der Waals surface area contributed by atoms with Gasteiger partial charge in [0.1, 0.15) is 11.9 Å². The highest BCUT2D eigenvalue weighted by Crippen LogP contribution is 2.54. The summed E-state index contributed by atoms with van der Waals surface area (Å²) < 4.78 is 5.90. The summed E-state index contributed by atoms with van der Waals surface area (Å²) in [4.78, 5) is 17.5. The van der Waals surface area contributed by atoms with Crippen molar-refractivity contribution in [2.75, 3.05) is 5.32 Å². The first-order valence-corrected chi connectivity index (χ1v) is 9.13. The number of nitrogens with one attached hydrogen (secondary N) is 1. The fraction of sp³-hybridized carbons (Fsp3) is 0.200. The summed E-state index contributed by atoms with van der Waals surface area (Å²) in [6.07, 6.45) is 4.74. The second kappa shape index (κ2) is 5.60. The number of ether oxygens (including phenoxy) is 1. The Hall–Kier alpha value is -2.30. The Kier molecular flexibility index (Phi) is 3.43. The topological polar surface area (TPSA) is 51.2 Å². The van der Waals surface area contributed by atoms with Crippen LogP contribution in [0.3, 0.4) is 0 Å². The van der Waals surface area contributed by atoms with E-state index in [1.807, 2.05) is 24.3 Å². The molecule has 0 atom stereocenters. The standard InChI is InChI=1S/C20H14Cl2N2O2/c21-12-4-5-17-14(6-12)20(7-13(8-20)26-17)19(25)24-16-10-23-9-11-2-1-3-15(22)18(11)16/h1-6,9-10,13H,7-8H2,(H,24,25). The zero-order valence-electron chi connectivity index (χ0n) is 13.6. The molecule has 1 amide bonds. The average Bonchev–Trinajstić information content (AvgIpc) is 2.60. The number of nitrogens with zero attached hydrogens (tertiary/aromatic N) is 1. The summed E-state index contributed by atoms with van der Waals surface area (Å²) in [5.74, 6) is 0.663. The maximum absolute atomic E-state index is 13.3. The highest BCUT2D eigenvalue weighted by molar-refractivity contribution is 6.37. The molecule has 1 aliphatic carbocycles. The third kappa shape index (κ3) is 2.22. The van der Waals surface area contributed by atoms with Crippen LogP contribution in [0.4, 0.5) is 5.69 Å². The molecular weight excluding hydrogens is 371 g/mol. The maximum Gasteiger partial charge on any atom is 0.235 e. The maximum atomic E-state index is 13.3. The molecule has 2 bridgehead atoms. The number of hydrogen-bond acceptors (Lipinski definition) is 3. The van der Waals surface area contributed by atoms with Crippen LogP contribution in [0, 0.1) is 0 Å². The second-order valence-electron chi connectivity index (χ2n) is 6.85. The molecule has 2 aliphatic heterocycles. The van der Waals surface area contributed by atoms with E-state index in [9.17, 15) is 4.79 Å². The number of anilines is 1. The van der Waals surface area contributed by atoms with Crippen LogP contribution in [0.2, 0.25) is 10.0 Å². The van der Waals surface area contributed by atoms with Gasteiger partial charge in [0.2, 0.25) is 5.91 Å². The van der Waals surface area contributed by atoms with E-state index >= 15 is 0 Å². The van der Waals surface area contributed by atoms with Crippen LogP contribution in [0.25, 0.3) is 10.8 Å². The molecule has 3 aromatic rings. The number of fused-ring (bicyclic) bond motifs is 1. The second-order valence-corrected chi connectivity index (χ2v) is 7.69. The Morgan fingerprint density at radius 2 is 2.04 bits per heavy atom. The molecule has 1 N–H and O–H groups in total. The zero-order chi connectivity index (χ0) is 17.9. The summed E-state index contributed by atoms with van der Waals surface area (Å²) in [5, 5.41) is 5.91. The number of carbonyl (C=O) groups excluding carboxylic acids is 1. The van der Waals surface area contributed by atoms with E-state index in [0.29, 0.717) is 28.6 Å². The van der Waals surface area contributed by atoms with Crippen molar-refractivity contribution < 1.29 is 9.53 Å². The van der Waals surface area contributed by atoms with Gasteiger partial charge in [0, 0.05) is 40.4 Å². The SMILES string of the molecule is O=C(Nc1cncc2cccc(Cl)c12)C12CC(C1)Oc1ccc(Cl)cc12. The van der Waals surface area contributed by atoms with Crippen LogP contribution in [0.1, 0.15) is 18.4 Å². The fourth-order valence-electron chi connectivity index (χ4n) is 4.01. The Balaban J connectivity index is 1.57. The van der Waals surface area contributed by atoms with Crippen LogP contribution in [-0.2, 0) is 10.2 Å². The molecule has 2 aromatic carbocycles. The molecule has 6 rings (SSSR count). The molecule has 3 aliphatic rings. The summed E-state index contributed by atoms with van der Waals surface area (Å²) in [6.45, 7) is 0. The first-order chi connectivity index (χ1) is 12.6. The highest BCUT2D eigenvalue weighted by atomic mass is 35.5. The van der Waals surface area contributed by atoms with E-state index in [4.69, 9.17) is 27.9 Å². The van der Waals surface area contributed by atoms with Crippen LogP contribution in [0.5, 0.6) is 5.75 Å². The molecule has 6 heteroatoms. The summed E-state index contributed by atoms with van der Waals surface area (Å²) in [5.41, 5.74) is 0.849. The number of carbonyl (C=O) groups is 1. The number of pyridine rings is 1. The molecule has 4 nitrogen and oxygen atoms in total. The van der Waals surface area contributed by atoms with Crippen molar-refractivity contribution in [3.63, 3.8) is 0 Å². The van der Waals surface area contributed by atoms with Crippen LogP contribution >= 0.6 is 23.2 Å². The van der Waals surface area contributed by atoms with Crippen molar-refractivity contribution in [2.45, 2.75) is 24.4 Å².